The summed E-state index contributed by atoms with van der Waals surface area (Å²) in [4.78, 5) is 4.37. The molecular weight excluding hydrogens is 200 g/mol. The molecule has 0 saturated heterocycles. The van der Waals surface area contributed by atoms with Gasteiger partial charge >= 0.3 is 0 Å². The molecule has 1 N–H and O–H groups in total. The van der Waals surface area contributed by atoms with Gasteiger partial charge in [-0.25, -0.2) is 0 Å². The molecule has 0 aliphatic heterocycles. The zero-order valence-electron chi connectivity index (χ0n) is 9.64. The fraction of sp³-hybridized carbons (Fsp3) is 0.333. The Bertz CT molecular complexity index is 462. The van der Waals surface area contributed by atoms with Crippen LogP contribution < -0.4 is 5.32 Å². The minimum atomic E-state index is 0.857. The van der Waals surface area contributed by atoms with Gasteiger partial charge in [-0.05, 0) is 32.0 Å². The fourth-order valence-electron chi connectivity index (χ4n) is 1.69. The quantitative estimate of drug-likeness (QED) is 0.853. The molecule has 2 rings (SSSR count). The van der Waals surface area contributed by atoms with Crippen LogP contribution in [-0.2, 0) is 6.54 Å². The summed E-state index contributed by atoms with van der Waals surface area (Å²) < 4.78 is 1.94. The molecule has 0 spiro atoms. The molecule has 0 bridgehead atoms. The van der Waals surface area contributed by atoms with E-state index in [0.29, 0.717) is 0 Å². The molecule has 16 heavy (non-hydrogen) atoms. The summed E-state index contributed by atoms with van der Waals surface area (Å²) in [6.07, 6.45) is 3.63. The number of hydrogen-bond acceptors (Lipinski definition) is 3. The van der Waals surface area contributed by atoms with Crippen molar-refractivity contribution in [2.75, 3.05) is 11.9 Å². The lowest BCUT2D eigenvalue weighted by atomic mass is 10.2. The smallest absolute Gasteiger partial charge is 0.0903 e. The normalized spacial score (nSPS) is 10.4. The largest absolute Gasteiger partial charge is 0.385 e. The molecule has 0 aliphatic rings. The van der Waals surface area contributed by atoms with Crippen molar-refractivity contribution >= 4 is 5.69 Å². The maximum Gasteiger partial charge on any atom is 0.0903 e. The van der Waals surface area contributed by atoms with Crippen LogP contribution in [0.2, 0.25) is 0 Å². The third-order valence-electron chi connectivity index (χ3n) is 2.42. The van der Waals surface area contributed by atoms with Crippen molar-refractivity contribution < 1.29 is 0 Å². The Morgan fingerprint density at radius 2 is 2.12 bits per heavy atom. The lowest BCUT2D eigenvalue weighted by Gasteiger charge is -2.07. The van der Waals surface area contributed by atoms with Gasteiger partial charge in [-0.2, -0.15) is 5.10 Å². The highest BCUT2D eigenvalue weighted by Crippen LogP contribution is 2.19. The van der Waals surface area contributed by atoms with Crippen molar-refractivity contribution in [3.05, 3.63) is 30.6 Å². The molecular formula is C12H16N4. The zero-order chi connectivity index (χ0) is 11.4. The summed E-state index contributed by atoms with van der Waals surface area (Å²) in [6, 6.07) is 6.01. The number of anilines is 1. The van der Waals surface area contributed by atoms with Crippen LogP contribution >= 0.6 is 0 Å². The van der Waals surface area contributed by atoms with E-state index in [1.165, 1.54) is 0 Å². The van der Waals surface area contributed by atoms with Gasteiger partial charge in [-0.15, -0.1) is 0 Å². The monoisotopic (exact) mass is 216 g/mol. The Balaban J connectivity index is 2.36. The zero-order valence-corrected chi connectivity index (χ0v) is 9.64. The average molecular weight is 216 g/mol. The summed E-state index contributed by atoms with van der Waals surface area (Å²) in [6.45, 7) is 5.92. The molecule has 2 aromatic rings. The highest BCUT2D eigenvalue weighted by molar-refractivity contribution is 5.60. The molecule has 0 fully saturated rings. The minimum absolute atomic E-state index is 0.857. The lowest BCUT2D eigenvalue weighted by Crippen LogP contribution is -2.01. The molecule has 0 aromatic carbocycles. The van der Waals surface area contributed by atoms with Crippen LogP contribution in [0.4, 0.5) is 5.69 Å². The van der Waals surface area contributed by atoms with E-state index >= 15 is 0 Å². The van der Waals surface area contributed by atoms with Gasteiger partial charge in [0.2, 0.25) is 0 Å². The van der Waals surface area contributed by atoms with Gasteiger partial charge in [-0.3, -0.25) is 9.67 Å². The molecule has 4 nitrogen and oxygen atoms in total. The molecule has 4 heteroatoms. The van der Waals surface area contributed by atoms with E-state index in [0.717, 1.165) is 30.2 Å². The molecule has 0 saturated carbocycles. The number of hydrogen-bond donors (Lipinski definition) is 1. The standard InChI is InChI=1S/C12H16N4/c1-3-13-10-5-7-14-11(9-10)12-6-8-15-16(12)4-2/h5-9H,3-4H2,1-2H3,(H,13,14). The number of pyridine rings is 1. The highest BCUT2D eigenvalue weighted by atomic mass is 15.3. The lowest BCUT2D eigenvalue weighted by molar-refractivity contribution is 0.665. The van der Waals surface area contributed by atoms with Gasteiger partial charge in [0.1, 0.15) is 0 Å². The van der Waals surface area contributed by atoms with Gasteiger partial charge in [0.25, 0.3) is 0 Å². The van der Waals surface area contributed by atoms with Crippen LogP contribution in [0.5, 0.6) is 0 Å². The molecule has 0 atom stereocenters. The Hall–Kier alpha value is -1.84. The summed E-state index contributed by atoms with van der Waals surface area (Å²) in [5.74, 6) is 0. The van der Waals surface area contributed by atoms with Gasteiger partial charge in [-0.1, -0.05) is 0 Å². The second kappa shape index (κ2) is 4.79. The second-order valence-electron chi connectivity index (χ2n) is 3.49. The predicted octanol–water partition coefficient (Wildman–Crippen LogP) is 2.40. The van der Waals surface area contributed by atoms with Crippen molar-refractivity contribution in [1.29, 1.82) is 0 Å². The highest BCUT2D eigenvalue weighted by Gasteiger charge is 2.05. The van der Waals surface area contributed by atoms with Crippen molar-refractivity contribution in [3.63, 3.8) is 0 Å². The van der Waals surface area contributed by atoms with Crippen molar-refractivity contribution in [1.82, 2.24) is 14.8 Å². The summed E-state index contributed by atoms with van der Waals surface area (Å²) in [7, 11) is 0. The number of rotatable bonds is 4. The van der Waals surface area contributed by atoms with Crippen molar-refractivity contribution in [2.45, 2.75) is 20.4 Å². The van der Waals surface area contributed by atoms with Crippen LogP contribution in [0.1, 0.15) is 13.8 Å². The summed E-state index contributed by atoms with van der Waals surface area (Å²) >= 11 is 0. The fourth-order valence-corrected chi connectivity index (χ4v) is 1.69. The van der Waals surface area contributed by atoms with E-state index in [-0.39, 0.29) is 0 Å². The van der Waals surface area contributed by atoms with E-state index in [2.05, 4.69) is 29.2 Å². The SMILES string of the molecule is CCNc1ccnc(-c2ccnn2CC)c1. The third-order valence-corrected chi connectivity index (χ3v) is 2.42. The maximum absolute atomic E-state index is 4.37. The third kappa shape index (κ3) is 2.05. The summed E-state index contributed by atoms with van der Waals surface area (Å²) in [5, 5.41) is 7.52. The molecule has 0 radical (unpaired) electrons. The Labute approximate surface area is 95.3 Å². The molecule has 2 aromatic heterocycles. The first-order chi connectivity index (χ1) is 7.85. The van der Waals surface area contributed by atoms with Crippen LogP contribution in [-0.4, -0.2) is 21.3 Å². The maximum atomic E-state index is 4.37. The van der Waals surface area contributed by atoms with Crippen LogP contribution in [0, 0.1) is 0 Å². The number of nitrogens with one attached hydrogen (secondary N) is 1. The van der Waals surface area contributed by atoms with Crippen LogP contribution in [0.25, 0.3) is 11.4 Å². The van der Waals surface area contributed by atoms with E-state index in [4.69, 9.17) is 0 Å². The van der Waals surface area contributed by atoms with Crippen molar-refractivity contribution in [3.8, 4) is 11.4 Å². The van der Waals surface area contributed by atoms with Crippen molar-refractivity contribution in [2.24, 2.45) is 0 Å². The number of aromatic nitrogens is 3. The average Bonchev–Trinajstić information content (AvgIpc) is 2.78. The van der Waals surface area contributed by atoms with E-state index < -0.39 is 0 Å². The van der Waals surface area contributed by atoms with Gasteiger partial charge in [0.05, 0.1) is 11.4 Å². The van der Waals surface area contributed by atoms with Gasteiger partial charge < -0.3 is 5.32 Å². The Kier molecular flexibility index (Phi) is 3.19. The topological polar surface area (TPSA) is 42.7 Å². The Morgan fingerprint density at radius 1 is 1.25 bits per heavy atom. The second-order valence-corrected chi connectivity index (χ2v) is 3.49. The van der Waals surface area contributed by atoms with E-state index in [1.807, 2.05) is 29.1 Å². The first kappa shape index (κ1) is 10.7. The molecule has 84 valence electrons. The Morgan fingerprint density at radius 3 is 2.88 bits per heavy atom. The minimum Gasteiger partial charge on any atom is -0.385 e. The first-order valence-corrected chi connectivity index (χ1v) is 5.57. The molecule has 0 amide bonds. The predicted molar refractivity (Wildman–Crippen MR) is 65.3 cm³/mol. The number of nitrogens with zero attached hydrogens (tertiary/aromatic N) is 3. The van der Waals surface area contributed by atoms with Gasteiger partial charge in [0, 0.05) is 31.2 Å². The number of aryl methyl sites for hydroxylation is 1. The van der Waals surface area contributed by atoms with Crippen LogP contribution in [0.3, 0.4) is 0 Å². The first-order valence-electron chi connectivity index (χ1n) is 5.57. The van der Waals surface area contributed by atoms with Crippen LogP contribution in [0.15, 0.2) is 30.6 Å². The molecule has 0 unspecified atom stereocenters. The van der Waals surface area contributed by atoms with Gasteiger partial charge in [0.15, 0.2) is 0 Å². The molecule has 2 heterocycles. The molecule has 0 aliphatic carbocycles. The van der Waals surface area contributed by atoms with E-state index in [9.17, 15) is 0 Å². The van der Waals surface area contributed by atoms with E-state index in [1.54, 1.807) is 6.20 Å². The summed E-state index contributed by atoms with van der Waals surface area (Å²) in [5.41, 5.74) is 3.11.